The van der Waals surface area contributed by atoms with Gasteiger partial charge in [0.05, 0.1) is 16.6 Å². The Morgan fingerprint density at radius 1 is 1.07 bits per heavy atom. The van der Waals surface area contributed by atoms with Gasteiger partial charge in [-0.1, -0.05) is 23.7 Å². The van der Waals surface area contributed by atoms with Crippen LogP contribution in [0.5, 0.6) is 0 Å². The monoisotopic (exact) mass is 421 g/mol. The Kier molecular flexibility index (Phi) is 6.57. The highest BCUT2D eigenvalue weighted by atomic mass is 35.5. The first-order valence-electron chi connectivity index (χ1n) is 10.1. The molecule has 1 atom stereocenters. The summed E-state index contributed by atoms with van der Waals surface area (Å²) in [5.74, 6) is 0.706. The number of halogens is 1. The number of hydrogen-bond donors (Lipinski definition) is 3. The quantitative estimate of drug-likeness (QED) is 0.544. The van der Waals surface area contributed by atoms with Gasteiger partial charge < -0.3 is 16.0 Å². The lowest BCUT2D eigenvalue weighted by Crippen LogP contribution is -2.33. The first-order valence-corrected chi connectivity index (χ1v) is 10.5. The van der Waals surface area contributed by atoms with Gasteiger partial charge in [0.15, 0.2) is 0 Å². The second-order valence-corrected chi connectivity index (χ2v) is 7.79. The lowest BCUT2D eigenvalue weighted by molar-refractivity contribution is 0.102. The van der Waals surface area contributed by atoms with Crippen molar-refractivity contribution >= 4 is 29.0 Å². The highest BCUT2D eigenvalue weighted by molar-refractivity contribution is 6.30. The van der Waals surface area contributed by atoms with Crippen molar-refractivity contribution in [2.45, 2.75) is 18.9 Å². The van der Waals surface area contributed by atoms with Crippen LogP contribution in [0.2, 0.25) is 5.02 Å². The van der Waals surface area contributed by atoms with Crippen LogP contribution in [0.15, 0.2) is 67.1 Å². The van der Waals surface area contributed by atoms with E-state index in [9.17, 15) is 4.79 Å². The van der Waals surface area contributed by atoms with Gasteiger partial charge in [-0.15, -0.1) is 0 Å². The number of anilines is 2. The Bertz CT molecular complexity index is 974. The van der Waals surface area contributed by atoms with Crippen LogP contribution in [-0.4, -0.2) is 29.0 Å². The van der Waals surface area contributed by atoms with Crippen molar-refractivity contribution in [2.24, 2.45) is 5.92 Å². The summed E-state index contributed by atoms with van der Waals surface area (Å²) in [5, 5.41) is 10.5. The predicted molar refractivity (Wildman–Crippen MR) is 120 cm³/mol. The number of piperidine rings is 1. The molecule has 0 aliphatic carbocycles. The fraction of sp³-hybridized carbons (Fsp3) is 0.261. The third-order valence-electron chi connectivity index (χ3n) is 5.37. The summed E-state index contributed by atoms with van der Waals surface area (Å²) in [4.78, 5) is 21.3. The van der Waals surface area contributed by atoms with E-state index in [1.54, 1.807) is 12.1 Å². The van der Waals surface area contributed by atoms with Crippen LogP contribution < -0.4 is 16.0 Å². The van der Waals surface area contributed by atoms with Crippen LogP contribution in [0.3, 0.4) is 0 Å². The molecule has 0 radical (unpaired) electrons. The predicted octanol–water partition coefficient (Wildman–Crippen LogP) is 4.54. The molecule has 7 heteroatoms. The van der Waals surface area contributed by atoms with Gasteiger partial charge in [-0.25, -0.2) is 4.98 Å². The van der Waals surface area contributed by atoms with Gasteiger partial charge in [0, 0.05) is 24.3 Å². The fourth-order valence-electron chi connectivity index (χ4n) is 3.83. The third kappa shape index (κ3) is 4.96. The third-order valence-corrected chi connectivity index (χ3v) is 5.60. The number of benzene rings is 1. The van der Waals surface area contributed by atoms with Crippen molar-refractivity contribution < 1.29 is 4.79 Å². The Balaban J connectivity index is 1.59. The standard InChI is InChI=1S/C23H24ClN5O/c24-18-5-6-21(27-15-18)29-23(30)19-3-1-2-4-20(19)28-22(16-7-11-25-12-8-16)17-9-13-26-14-10-17/h1-8,11-12,15,17,22,26,28H,9-10,13-14H2,(H,27,29,30). The highest BCUT2D eigenvalue weighted by Crippen LogP contribution is 2.33. The molecule has 0 spiro atoms. The zero-order valence-electron chi connectivity index (χ0n) is 16.5. The number of nitrogens with zero attached hydrogens (tertiary/aromatic N) is 2. The molecule has 1 amide bonds. The molecule has 4 rings (SSSR count). The van der Waals surface area contributed by atoms with Crippen LogP contribution in [0.4, 0.5) is 11.5 Å². The lowest BCUT2D eigenvalue weighted by Gasteiger charge is -2.33. The van der Waals surface area contributed by atoms with Gasteiger partial charge in [0.2, 0.25) is 0 Å². The second kappa shape index (κ2) is 9.69. The van der Waals surface area contributed by atoms with E-state index < -0.39 is 0 Å². The first-order chi connectivity index (χ1) is 14.7. The van der Waals surface area contributed by atoms with Gasteiger partial charge in [0.1, 0.15) is 5.82 Å². The SMILES string of the molecule is O=C(Nc1ccc(Cl)cn1)c1ccccc1NC(c1ccncc1)C1CCNCC1. The molecule has 0 bridgehead atoms. The molecule has 3 N–H and O–H groups in total. The number of pyridine rings is 2. The minimum absolute atomic E-state index is 0.0951. The van der Waals surface area contributed by atoms with E-state index in [-0.39, 0.29) is 11.9 Å². The molecule has 2 aromatic heterocycles. The van der Waals surface area contributed by atoms with Crippen LogP contribution in [0.25, 0.3) is 0 Å². The number of para-hydroxylation sites is 1. The Labute approximate surface area is 181 Å². The van der Waals surface area contributed by atoms with Gasteiger partial charge in [-0.2, -0.15) is 0 Å². The largest absolute Gasteiger partial charge is 0.377 e. The summed E-state index contributed by atoms with van der Waals surface area (Å²) in [6, 6.07) is 15.1. The fourth-order valence-corrected chi connectivity index (χ4v) is 3.94. The Morgan fingerprint density at radius 3 is 2.57 bits per heavy atom. The molecule has 3 heterocycles. The molecule has 1 aliphatic rings. The van der Waals surface area contributed by atoms with Crippen LogP contribution in [0, 0.1) is 5.92 Å². The summed E-state index contributed by atoms with van der Waals surface area (Å²) in [6.45, 7) is 2.00. The van der Waals surface area contributed by atoms with Gasteiger partial charge in [-0.3, -0.25) is 9.78 Å². The maximum Gasteiger partial charge on any atom is 0.258 e. The van der Waals surface area contributed by atoms with E-state index in [0.29, 0.717) is 22.3 Å². The minimum Gasteiger partial charge on any atom is -0.377 e. The summed E-state index contributed by atoms with van der Waals surface area (Å²) in [5.41, 5.74) is 2.54. The minimum atomic E-state index is -0.216. The molecule has 0 saturated carbocycles. The molecular formula is C23H24ClN5O. The van der Waals surface area contributed by atoms with Gasteiger partial charge in [-0.05, 0) is 73.8 Å². The van der Waals surface area contributed by atoms with Gasteiger partial charge >= 0.3 is 0 Å². The Morgan fingerprint density at radius 2 is 1.83 bits per heavy atom. The zero-order valence-corrected chi connectivity index (χ0v) is 17.3. The van der Waals surface area contributed by atoms with Crippen LogP contribution in [0.1, 0.15) is 34.8 Å². The Hall–Kier alpha value is -2.96. The molecule has 1 saturated heterocycles. The number of nitrogens with one attached hydrogen (secondary N) is 3. The van der Waals surface area contributed by atoms with Crippen molar-refractivity contribution in [2.75, 3.05) is 23.7 Å². The van der Waals surface area contributed by atoms with Crippen LogP contribution in [-0.2, 0) is 0 Å². The molecule has 6 nitrogen and oxygen atoms in total. The van der Waals surface area contributed by atoms with Crippen molar-refractivity contribution in [3.63, 3.8) is 0 Å². The van der Waals surface area contributed by atoms with Crippen LogP contribution >= 0.6 is 11.6 Å². The maximum absolute atomic E-state index is 13.0. The first kappa shape index (κ1) is 20.3. The number of carbonyl (C=O) groups excluding carboxylic acids is 1. The molecule has 1 aliphatic heterocycles. The zero-order chi connectivity index (χ0) is 20.8. The van der Waals surface area contributed by atoms with E-state index in [1.807, 2.05) is 48.8 Å². The summed E-state index contributed by atoms with van der Waals surface area (Å²) < 4.78 is 0. The normalized spacial score (nSPS) is 15.4. The van der Waals surface area contributed by atoms with Crippen molar-refractivity contribution in [1.82, 2.24) is 15.3 Å². The van der Waals surface area contributed by atoms with E-state index in [1.165, 1.54) is 11.8 Å². The van der Waals surface area contributed by atoms with E-state index in [4.69, 9.17) is 11.6 Å². The van der Waals surface area contributed by atoms with Gasteiger partial charge in [0.25, 0.3) is 5.91 Å². The molecular weight excluding hydrogens is 398 g/mol. The summed E-state index contributed by atoms with van der Waals surface area (Å²) >= 11 is 5.89. The highest BCUT2D eigenvalue weighted by Gasteiger charge is 2.26. The topological polar surface area (TPSA) is 78.9 Å². The number of carbonyl (C=O) groups is 1. The number of hydrogen-bond acceptors (Lipinski definition) is 5. The van der Waals surface area contributed by atoms with E-state index >= 15 is 0 Å². The average molecular weight is 422 g/mol. The average Bonchev–Trinajstić information content (AvgIpc) is 2.80. The molecule has 1 fully saturated rings. The lowest BCUT2D eigenvalue weighted by atomic mass is 9.86. The molecule has 154 valence electrons. The number of aromatic nitrogens is 2. The maximum atomic E-state index is 13.0. The van der Waals surface area contributed by atoms with Crippen molar-refractivity contribution in [3.05, 3.63) is 83.3 Å². The molecule has 3 aromatic rings. The van der Waals surface area contributed by atoms with E-state index in [0.717, 1.165) is 31.6 Å². The smallest absolute Gasteiger partial charge is 0.258 e. The molecule has 1 unspecified atom stereocenters. The van der Waals surface area contributed by atoms with Crippen molar-refractivity contribution in [3.8, 4) is 0 Å². The van der Waals surface area contributed by atoms with Crippen molar-refractivity contribution in [1.29, 1.82) is 0 Å². The summed E-state index contributed by atoms with van der Waals surface area (Å²) in [7, 11) is 0. The number of amides is 1. The summed E-state index contributed by atoms with van der Waals surface area (Å²) in [6.07, 6.45) is 7.29. The second-order valence-electron chi connectivity index (χ2n) is 7.35. The van der Waals surface area contributed by atoms with E-state index in [2.05, 4.69) is 25.9 Å². The molecule has 1 aromatic carbocycles. The molecule has 30 heavy (non-hydrogen) atoms. The number of rotatable bonds is 6.